The Morgan fingerprint density at radius 2 is 2.03 bits per heavy atom. The maximum atomic E-state index is 12.5. The van der Waals surface area contributed by atoms with E-state index in [9.17, 15) is 9.90 Å². The van der Waals surface area contributed by atoms with Crippen LogP contribution >= 0.6 is 0 Å². The maximum Gasteiger partial charge on any atom is 0.224 e. The van der Waals surface area contributed by atoms with Crippen molar-refractivity contribution in [2.45, 2.75) is 51.8 Å². The first-order valence-electron chi connectivity index (χ1n) is 10.0. The Balaban J connectivity index is 1.32. The number of carbonyl (C=O) groups excluding carboxylic acids is 1. The lowest BCUT2D eigenvalue weighted by Crippen LogP contribution is -2.40. The van der Waals surface area contributed by atoms with Crippen LogP contribution in [0, 0.1) is 19.8 Å². The number of rotatable bonds is 6. The number of aromatic nitrogens is 4. The number of hydrogen-bond acceptors (Lipinski definition) is 4. The van der Waals surface area contributed by atoms with Gasteiger partial charge in [0.1, 0.15) is 0 Å². The molecule has 4 rings (SSSR count). The Morgan fingerprint density at radius 3 is 2.69 bits per heavy atom. The first-order chi connectivity index (χ1) is 14.0. The molecule has 0 spiro atoms. The summed E-state index contributed by atoms with van der Waals surface area (Å²) in [6, 6.07) is 9.72. The van der Waals surface area contributed by atoms with Crippen molar-refractivity contribution in [3.63, 3.8) is 0 Å². The standard InChI is InChI=1S/C22H27N5O2/c1-15-9-16(2)27(25-15)19-5-3-17(4-6-19)12-22(29)24-20-10-18(11-21(20)28)13-26-8-7-23-14-26/h3-9,14,18,20-21,28H,10-13H2,1-2H3,(H,24,29)/t18?,20-,21-/m1/s1. The first-order valence-corrected chi connectivity index (χ1v) is 10.0. The van der Waals surface area contributed by atoms with Crippen molar-refractivity contribution < 1.29 is 9.90 Å². The van der Waals surface area contributed by atoms with Gasteiger partial charge in [-0.05, 0) is 56.4 Å². The van der Waals surface area contributed by atoms with Crippen LogP contribution in [0.15, 0.2) is 49.1 Å². The third kappa shape index (κ3) is 4.56. The number of benzene rings is 1. The zero-order chi connectivity index (χ0) is 20.4. The summed E-state index contributed by atoms with van der Waals surface area (Å²) in [4.78, 5) is 16.5. The second kappa shape index (κ2) is 8.21. The molecule has 3 atom stereocenters. The van der Waals surface area contributed by atoms with Crippen molar-refractivity contribution in [1.82, 2.24) is 24.6 Å². The summed E-state index contributed by atoms with van der Waals surface area (Å²) in [5, 5.41) is 17.8. The van der Waals surface area contributed by atoms with Crippen LogP contribution in [0.25, 0.3) is 5.69 Å². The van der Waals surface area contributed by atoms with E-state index in [4.69, 9.17) is 0 Å². The summed E-state index contributed by atoms with van der Waals surface area (Å²) >= 11 is 0. The Morgan fingerprint density at radius 1 is 1.24 bits per heavy atom. The van der Waals surface area contributed by atoms with E-state index in [0.717, 1.165) is 35.6 Å². The number of aliphatic hydroxyl groups is 1. The Hall–Kier alpha value is -2.93. The van der Waals surface area contributed by atoms with Gasteiger partial charge in [0.2, 0.25) is 5.91 Å². The van der Waals surface area contributed by atoms with Gasteiger partial charge in [0.05, 0.1) is 36.3 Å². The summed E-state index contributed by atoms with van der Waals surface area (Å²) in [5.41, 5.74) is 3.98. The van der Waals surface area contributed by atoms with Crippen molar-refractivity contribution in [2.24, 2.45) is 5.92 Å². The lowest BCUT2D eigenvalue weighted by Gasteiger charge is -2.16. The molecule has 1 saturated carbocycles. The average Bonchev–Trinajstić information content (AvgIpc) is 3.38. The highest BCUT2D eigenvalue weighted by atomic mass is 16.3. The number of aliphatic hydroxyl groups excluding tert-OH is 1. The number of nitrogens with one attached hydrogen (secondary N) is 1. The van der Waals surface area contributed by atoms with Crippen LogP contribution in [0.2, 0.25) is 0 Å². The highest BCUT2D eigenvalue weighted by Gasteiger charge is 2.33. The van der Waals surface area contributed by atoms with Gasteiger partial charge >= 0.3 is 0 Å². The van der Waals surface area contributed by atoms with Crippen molar-refractivity contribution in [2.75, 3.05) is 0 Å². The molecule has 1 aliphatic rings. The third-order valence-electron chi connectivity index (χ3n) is 5.56. The van der Waals surface area contributed by atoms with Crippen LogP contribution in [-0.4, -0.2) is 42.5 Å². The molecule has 1 fully saturated rings. The highest BCUT2D eigenvalue weighted by molar-refractivity contribution is 5.79. The lowest BCUT2D eigenvalue weighted by atomic mass is 10.1. The molecule has 2 N–H and O–H groups in total. The molecule has 152 valence electrons. The zero-order valence-corrected chi connectivity index (χ0v) is 16.8. The van der Waals surface area contributed by atoms with Gasteiger partial charge in [-0.2, -0.15) is 5.10 Å². The van der Waals surface area contributed by atoms with Gasteiger partial charge in [0, 0.05) is 24.6 Å². The van der Waals surface area contributed by atoms with Crippen molar-refractivity contribution in [3.8, 4) is 5.69 Å². The molecule has 0 radical (unpaired) electrons. The van der Waals surface area contributed by atoms with Gasteiger partial charge in [-0.1, -0.05) is 12.1 Å². The molecule has 0 saturated heterocycles. The zero-order valence-electron chi connectivity index (χ0n) is 16.8. The molecule has 2 heterocycles. The number of carbonyl (C=O) groups is 1. The van der Waals surface area contributed by atoms with Crippen molar-refractivity contribution in [1.29, 1.82) is 0 Å². The van der Waals surface area contributed by atoms with Gasteiger partial charge in [-0.3, -0.25) is 4.79 Å². The summed E-state index contributed by atoms with van der Waals surface area (Å²) in [6.07, 6.45) is 6.74. The summed E-state index contributed by atoms with van der Waals surface area (Å²) < 4.78 is 3.92. The fourth-order valence-electron chi connectivity index (χ4n) is 4.20. The minimum Gasteiger partial charge on any atom is -0.391 e. The Labute approximate surface area is 170 Å². The average molecular weight is 393 g/mol. The van der Waals surface area contributed by atoms with E-state index >= 15 is 0 Å². The van der Waals surface area contributed by atoms with Crippen LogP contribution in [0.3, 0.4) is 0 Å². The summed E-state index contributed by atoms with van der Waals surface area (Å²) in [5.74, 6) is 0.278. The number of hydrogen-bond donors (Lipinski definition) is 2. The van der Waals surface area contributed by atoms with Gasteiger partial charge in [-0.25, -0.2) is 9.67 Å². The molecule has 2 aromatic heterocycles. The molecule has 0 aliphatic heterocycles. The van der Waals surface area contributed by atoms with Gasteiger partial charge in [-0.15, -0.1) is 0 Å². The third-order valence-corrected chi connectivity index (χ3v) is 5.56. The van der Waals surface area contributed by atoms with E-state index in [1.54, 1.807) is 12.5 Å². The molecule has 1 amide bonds. The summed E-state index contributed by atoms with van der Waals surface area (Å²) in [7, 11) is 0. The maximum absolute atomic E-state index is 12.5. The number of amides is 1. The molecule has 7 heteroatoms. The van der Waals surface area contributed by atoms with Crippen LogP contribution in [0.5, 0.6) is 0 Å². The molecule has 29 heavy (non-hydrogen) atoms. The van der Waals surface area contributed by atoms with E-state index in [2.05, 4.69) is 15.4 Å². The molecule has 1 unspecified atom stereocenters. The number of imidazole rings is 1. The number of nitrogens with zero attached hydrogens (tertiary/aromatic N) is 4. The molecule has 3 aromatic rings. The quantitative estimate of drug-likeness (QED) is 0.672. The molecular formula is C22H27N5O2. The molecular weight excluding hydrogens is 366 g/mol. The minimum absolute atomic E-state index is 0.0591. The van der Waals surface area contributed by atoms with Crippen LogP contribution < -0.4 is 5.32 Å². The first kappa shape index (κ1) is 19.4. The second-order valence-electron chi connectivity index (χ2n) is 8.02. The van der Waals surface area contributed by atoms with Crippen LogP contribution in [-0.2, 0) is 17.8 Å². The van der Waals surface area contributed by atoms with E-state index in [1.165, 1.54) is 0 Å². The minimum atomic E-state index is -0.499. The number of aryl methyl sites for hydroxylation is 2. The SMILES string of the molecule is Cc1cc(C)n(-c2ccc(CC(=O)N[C@@H]3CC(Cn4ccnc4)C[C@H]3O)cc2)n1. The smallest absolute Gasteiger partial charge is 0.224 e. The normalized spacial score (nSPS) is 21.4. The van der Waals surface area contributed by atoms with E-state index in [-0.39, 0.29) is 11.9 Å². The van der Waals surface area contributed by atoms with Crippen LogP contribution in [0.4, 0.5) is 0 Å². The van der Waals surface area contributed by atoms with E-state index in [1.807, 2.05) is 59.6 Å². The molecule has 1 aromatic carbocycles. The van der Waals surface area contributed by atoms with E-state index < -0.39 is 6.10 Å². The highest BCUT2D eigenvalue weighted by Crippen LogP contribution is 2.27. The Bertz CT molecular complexity index is 962. The Kier molecular flexibility index (Phi) is 5.49. The molecule has 0 bridgehead atoms. The largest absolute Gasteiger partial charge is 0.391 e. The van der Waals surface area contributed by atoms with E-state index in [0.29, 0.717) is 18.8 Å². The van der Waals surface area contributed by atoms with Gasteiger partial charge < -0.3 is 15.0 Å². The van der Waals surface area contributed by atoms with Crippen molar-refractivity contribution in [3.05, 3.63) is 66.0 Å². The molecule has 7 nitrogen and oxygen atoms in total. The second-order valence-corrected chi connectivity index (χ2v) is 8.02. The fourth-order valence-corrected chi connectivity index (χ4v) is 4.20. The summed E-state index contributed by atoms with van der Waals surface area (Å²) in [6.45, 7) is 4.81. The van der Waals surface area contributed by atoms with Crippen LogP contribution in [0.1, 0.15) is 29.8 Å². The monoisotopic (exact) mass is 393 g/mol. The molecule has 1 aliphatic carbocycles. The fraction of sp³-hybridized carbons (Fsp3) is 0.409. The van der Waals surface area contributed by atoms with Crippen molar-refractivity contribution >= 4 is 5.91 Å². The van der Waals surface area contributed by atoms with Gasteiger partial charge in [0.15, 0.2) is 0 Å². The predicted molar refractivity (Wildman–Crippen MR) is 110 cm³/mol. The van der Waals surface area contributed by atoms with Gasteiger partial charge in [0.25, 0.3) is 0 Å². The topological polar surface area (TPSA) is 85.0 Å². The lowest BCUT2D eigenvalue weighted by molar-refractivity contribution is -0.121. The predicted octanol–water partition coefficient (Wildman–Crippen LogP) is 2.18.